The molecule has 1 N–H and O–H groups in total. The average Bonchev–Trinajstić information content (AvgIpc) is 3.67. The summed E-state index contributed by atoms with van der Waals surface area (Å²) in [7, 11) is 0. The SMILES string of the molecule is C=CCOC(=O)[C@@H]1[C@H]2C(=O)N([C@@H](CC)CO)C(C(=O)N(CC=C)Cn3nnc4ccccc43)C23CC[C@H]1S3. The number of carbonyl (C=O) groups is 3. The first-order chi connectivity index (χ1) is 18.4. The number of aliphatic hydroxyl groups excluding tert-OH is 1. The molecule has 10 nitrogen and oxygen atoms in total. The molecule has 0 radical (unpaired) electrons. The molecule has 6 atom stereocenters. The summed E-state index contributed by atoms with van der Waals surface area (Å²) in [5.41, 5.74) is 1.50. The molecule has 1 aromatic heterocycles. The van der Waals surface area contributed by atoms with Crippen molar-refractivity contribution in [3.05, 3.63) is 49.6 Å². The van der Waals surface area contributed by atoms with E-state index in [0.29, 0.717) is 24.8 Å². The second kappa shape index (κ2) is 10.5. The van der Waals surface area contributed by atoms with E-state index in [0.717, 1.165) is 5.52 Å². The predicted molar refractivity (Wildman–Crippen MR) is 143 cm³/mol. The summed E-state index contributed by atoms with van der Waals surface area (Å²) >= 11 is 1.57. The van der Waals surface area contributed by atoms with Crippen LogP contribution in [0.5, 0.6) is 0 Å². The van der Waals surface area contributed by atoms with Crippen molar-refractivity contribution >= 4 is 40.6 Å². The highest BCUT2D eigenvalue weighted by molar-refractivity contribution is 8.02. The highest BCUT2D eigenvalue weighted by Gasteiger charge is 2.74. The summed E-state index contributed by atoms with van der Waals surface area (Å²) in [6, 6.07) is 6.12. The first-order valence-electron chi connectivity index (χ1n) is 13.0. The Hall–Kier alpha value is -3.18. The van der Waals surface area contributed by atoms with Crippen LogP contribution < -0.4 is 0 Å². The van der Waals surface area contributed by atoms with Gasteiger partial charge in [0.15, 0.2) is 0 Å². The Morgan fingerprint density at radius 3 is 2.84 bits per heavy atom. The maximum Gasteiger partial charge on any atom is 0.311 e. The molecular weight excluding hydrogens is 506 g/mol. The zero-order chi connectivity index (χ0) is 27.0. The molecule has 3 saturated heterocycles. The molecular formula is C27H33N5O5S. The van der Waals surface area contributed by atoms with Crippen LogP contribution in [0.25, 0.3) is 11.0 Å². The Kier molecular flexibility index (Phi) is 7.32. The third-order valence-electron chi connectivity index (χ3n) is 8.05. The van der Waals surface area contributed by atoms with Gasteiger partial charge in [0.1, 0.15) is 24.8 Å². The van der Waals surface area contributed by atoms with Gasteiger partial charge < -0.3 is 19.6 Å². The summed E-state index contributed by atoms with van der Waals surface area (Å²) in [6.45, 7) is 9.49. The lowest BCUT2D eigenvalue weighted by Gasteiger charge is -2.39. The van der Waals surface area contributed by atoms with Gasteiger partial charge in [0.2, 0.25) is 11.8 Å². The number of ether oxygens (including phenoxy) is 1. The van der Waals surface area contributed by atoms with Crippen LogP contribution in [0, 0.1) is 11.8 Å². The fourth-order valence-electron chi connectivity index (χ4n) is 6.41. The minimum absolute atomic E-state index is 0.0693. The number of carbonyl (C=O) groups excluding carboxylic acids is 3. The van der Waals surface area contributed by atoms with Gasteiger partial charge in [-0.2, -0.15) is 0 Å². The van der Waals surface area contributed by atoms with Gasteiger partial charge in [-0.3, -0.25) is 14.4 Å². The summed E-state index contributed by atoms with van der Waals surface area (Å²) < 4.78 is 6.29. The lowest BCUT2D eigenvalue weighted by Crippen LogP contribution is -2.57. The molecule has 4 heterocycles. The highest BCUT2D eigenvalue weighted by atomic mass is 32.2. The van der Waals surface area contributed by atoms with Crippen molar-refractivity contribution in [3.8, 4) is 0 Å². The van der Waals surface area contributed by atoms with Crippen LogP contribution in [0.2, 0.25) is 0 Å². The van der Waals surface area contributed by atoms with Crippen LogP contribution in [0.1, 0.15) is 26.2 Å². The molecule has 3 aliphatic rings. The van der Waals surface area contributed by atoms with Gasteiger partial charge in [0.05, 0.1) is 34.7 Å². The second-order valence-corrected chi connectivity index (χ2v) is 11.6. The number of aliphatic hydroxyl groups is 1. The molecule has 1 spiro atoms. The molecule has 2 amide bonds. The molecule has 3 fully saturated rings. The molecule has 2 bridgehead atoms. The van der Waals surface area contributed by atoms with E-state index in [1.807, 2.05) is 31.2 Å². The van der Waals surface area contributed by atoms with Crippen molar-refractivity contribution in [2.75, 3.05) is 19.8 Å². The Morgan fingerprint density at radius 2 is 2.13 bits per heavy atom. The van der Waals surface area contributed by atoms with E-state index in [9.17, 15) is 19.5 Å². The number of aromatic nitrogens is 3. The molecule has 3 aliphatic heterocycles. The van der Waals surface area contributed by atoms with Crippen LogP contribution >= 0.6 is 11.8 Å². The largest absolute Gasteiger partial charge is 0.461 e. The van der Waals surface area contributed by atoms with E-state index in [2.05, 4.69) is 23.5 Å². The van der Waals surface area contributed by atoms with E-state index in [1.165, 1.54) is 6.08 Å². The van der Waals surface area contributed by atoms with E-state index in [4.69, 9.17) is 4.74 Å². The Bertz CT molecular complexity index is 1260. The number of hydrogen-bond donors (Lipinski definition) is 1. The topological polar surface area (TPSA) is 118 Å². The van der Waals surface area contributed by atoms with E-state index in [-0.39, 0.29) is 43.5 Å². The Morgan fingerprint density at radius 1 is 1.34 bits per heavy atom. The number of likely N-dealkylation sites (tertiary alicyclic amines) is 1. The standard InChI is InChI=1S/C27H33N5O5S/c1-4-13-30(16-31-19-10-8-7-9-18(19)28-29-31)25(35)23-27-12-11-20(38-27)21(26(36)37-14-5-2)22(27)24(34)32(23)17(6-3)15-33/h4-5,7-10,17,20-23,33H,1-2,6,11-16H2,3H3/t17-,20+,21-,22-,23?,27?/m0/s1. The number of nitrogens with zero attached hydrogens (tertiary/aromatic N) is 5. The number of para-hydroxylation sites is 1. The molecule has 11 heteroatoms. The molecule has 2 aromatic rings. The summed E-state index contributed by atoms with van der Waals surface area (Å²) in [6.07, 6.45) is 4.97. The monoisotopic (exact) mass is 539 g/mol. The van der Waals surface area contributed by atoms with Gasteiger partial charge in [0, 0.05) is 11.8 Å². The fourth-order valence-corrected chi connectivity index (χ4v) is 8.60. The molecule has 0 saturated carbocycles. The normalized spacial score (nSPS) is 28.4. The molecule has 0 aliphatic carbocycles. The third-order valence-corrected chi connectivity index (χ3v) is 10.0. The number of rotatable bonds is 11. The summed E-state index contributed by atoms with van der Waals surface area (Å²) in [4.78, 5) is 44.8. The van der Waals surface area contributed by atoms with Crippen LogP contribution in [0.3, 0.4) is 0 Å². The molecule has 38 heavy (non-hydrogen) atoms. The maximum atomic E-state index is 14.5. The van der Waals surface area contributed by atoms with Gasteiger partial charge in [-0.1, -0.05) is 43.0 Å². The Balaban J connectivity index is 1.53. The van der Waals surface area contributed by atoms with Crippen molar-refractivity contribution in [2.45, 2.75) is 54.9 Å². The number of thioether (sulfide) groups is 1. The minimum atomic E-state index is -0.834. The zero-order valence-electron chi connectivity index (χ0n) is 21.4. The molecule has 2 unspecified atom stereocenters. The number of benzene rings is 1. The molecule has 5 rings (SSSR count). The van der Waals surface area contributed by atoms with Crippen molar-refractivity contribution in [1.29, 1.82) is 0 Å². The zero-order valence-corrected chi connectivity index (χ0v) is 22.3. The minimum Gasteiger partial charge on any atom is -0.461 e. The number of hydrogen-bond acceptors (Lipinski definition) is 8. The maximum absolute atomic E-state index is 14.5. The van der Waals surface area contributed by atoms with E-state index < -0.39 is 34.6 Å². The average molecular weight is 540 g/mol. The van der Waals surface area contributed by atoms with Gasteiger partial charge >= 0.3 is 5.97 Å². The van der Waals surface area contributed by atoms with Gasteiger partial charge in [0.25, 0.3) is 0 Å². The van der Waals surface area contributed by atoms with Crippen LogP contribution in [0.15, 0.2) is 49.6 Å². The van der Waals surface area contributed by atoms with Crippen molar-refractivity contribution in [2.24, 2.45) is 11.8 Å². The van der Waals surface area contributed by atoms with Gasteiger partial charge in [-0.05, 0) is 31.4 Å². The van der Waals surface area contributed by atoms with Crippen LogP contribution in [-0.2, 0) is 25.8 Å². The summed E-state index contributed by atoms with van der Waals surface area (Å²) in [5, 5.41) is 18.6. The van der Waals surface area contributed by atoms with Crippen LogP contribution in [-0.4, -0.2) is 89.5 Å². The lowest BCUT2D eigenvalue weighted by molar-refractivity contribution is -0.153. The highest BCUT2D eigenvalue weighted by Crippen LogP contribution is 2.67. The first kappa shape index (κ1) is 26.4. The Labute approximate surface area is 225 Å². The molecule has 1 aromatic carbocycles. The van der Waals surface area contributed by atoms with E-state index >= 15 is 0 Å². The lowest BCUT2D eigenvalue weighted by atomic mass is 9.71. The number of esters is 1. The van der Waals surface area contributed by atoms with Crippen molar-refractivity contribution in [1.82, 2.24) is 24.8 Å². The number of fused-ring (bicyclic) bond motifs is 2. The second-order valence-electron chi connectivity index (χ2n) is 10.0. The van der Waals surface area contributed by atoms with Crippen molar-refractivity contribution < 1.29 is 24.2 Å². The quantitative estimate of drug-likeness (QED) is 0.340. The van der Waals surface area contributed by atoms with E-state index in [1.54, 1.807) is 32.3 Å². The predicted octanol–water partition coefficient (Wildman–Crippen LogP) is 1.99. The number of amides is 2. The van der Waals surface area contributed by atoms with Crippen molar-refractivity contribution in [3.63, 3.8) is 0 Å². The fraction of sp³-hybridized carbons (Fsp3) is 0.519. The summed E-state index contributed by atoms with van der Waals surface area (Å²) in [5.74, 6) is -2.25. The first-order valence-corrected chi connectivity index (χ1v) is 13.9. The van der Waals surface area contributed by atoms with Gasteiger partial charge in [-0.15, -0.1) is 23.4 Å². The smallest absolute Gasteiger partial charge is 0.311 e. The van der Waals surface area contributed by atoms with Crippen LogP contribution in [0.4, 0.5) is 0 Å². The molecule has 202 valence electrons. The van der Waals surface area contributed by atoms with Gasteiger partial charge in [-0.25, -0.2) is 4.68 Å². The third kappa shape index (κ3) is 4.03.